The molecule has 2 aromatic carbocycles. The first-order chi connectivity index (χ1) is 14.0. The summed E-state index contributed by atoms with van der Waals surface area (Å²) in [6, 6.07) is 13.5. The number of benzene rings is 2. The topological polar surface area (TPSA) is 67.6 Å². The molecule has 0 saturated carbocycles. The Kier molecular flexibility index (Phi) is 4.15. The van der Waals surface area contributed by atoms with Gasteiger partial charge in [-0.1, -0.05) is 57.1 Å². The SMILES string of the molecule is CCN1C(=O)C(=c2sc3nc(-c4ccc(C)cc4)nn3c2=O)c2cc(Br)ccc21. The Hall–Kier alpha value is -2.84. The Balaban J connectivity index is 1.74. The minimum Gasteiger partial charge on any atom is -0.308 e. The molecule has 5 rings (SSSR count). The molecule has 3 heterocycles. The van der Waals surface area contributed by atoms with Crippen LogP contribution < -0.4 is 15.0 Å². The molecule has 0 atom stereocenters. The van der Waals surface area contributed by atoms with E-state index in [0.717, 1.165) is 26.9 Å². The quantitative estimate of drug-likeness (QED) is 0.454. The summed E-state index contributed by atoms with van der Waals surface area (Å²) in [5.74, 6) is 0.335. The number of anilines is 1. The number of aromatic nitrogens is 3. The molecule has 1 amide bonds. The predicted octanol–water partition coefficient (Wildman–Crippen LogP) is 3.17. The second-order valence-electron chi connectivity index (χ2n) is 6.82. The van der Waals surface area contributed by atoms with Crippen molar-refractivity contribution in [3.05, 3.63) is 73.0 Å². The van der Waals surface area contributed by atoms with Crippen LogP contribution in [0.25, 0.3) is 21.9 Å². The molecule has 29 heavy (non-hydrogen) atoms. The molecule has 0 radical (unpaired) electrons. The fourth-order valence-electron chi connectivity index (χ4n) is 3.55. The van der Waals surface area contributed by atoms with Gasteiger partial charge in [0.1, 0.15) is 4.53 Å². The van der Waals surface area contributed by atoms with E-state index in [4.69, 9.17) is 0 Å². The van der Waals surface area contributed by atoms with Crippen molar-refractivity contribution in [3.63, 3.8) is 0 Å². The smallest absolute Gasteiger partial charge is 0.291 e. The molecule has 8 heteroatoms. The fourth-order valence-corrected chi connectivity index (χ4v) is 4.91. The highest BCUT2D eigenvalue weighted by molar-refractivity contribution is 9.10. The van der Waals surface area contributed by atoms with Crippen LogP contribution >= 0.6 is 27.3 Å². The van der Waals surface area contributed by atoms with Gasteiger partial charge in [0.2, 0.25) is 4.96 Å². The maximum absolute atomic E-state index is 13.1. The standard InChI is InChI=1S/C21H15BrN4O2S/c1-3-25-15-9-8-13(22)10-14(15)16(19(25)27)17-20(28)26-21(29-17)23-18(24-26)12-6-4-11(2)5-7-12/h4-10H,3H2,1-2H3. The number of thiazole rings is 1. The molecule has 2 aromatic heterocycles. The summed E-state index contributed by atoms with van der Waals surface area (Å²) in [5, 5.41) is 4.40. The molecule has 6 nitrogen and oxygen atoms in total. The van der Waals surface area contributed by atoms with Gasteiger partial charge in [-0.15, -0.1) is 5.10 Å². The van der Waals surface area contributed by atoms with Crippen molar-refractivity contribution in [3.8, 4) is 11.4 Å². The first-order valence-electron chi connectivity index (χ1n) is 9.10. The number of hydrogen-bond acceptors (Lipinski definition) is 5. The zero-order valence-electron chi connectivity index (χ0n) is 15.6. The fraction of sp³-hybridized carbons (Fsp3) is 0.143. The molecule has 0 spiro atoms. The highest BCUT2D eigenvalue weighted by atomic mass is 79.9. The third-order valence-electron chi connectivity index (χ3n) is 4.99. The van der Waals surface area contributed by atoms with Gasteiger partial charge in [0.15, 0.2) is 5.82 Å². The Labute approximate surface area is 178 Å². The van der Waals surface area contributed by atoms with Gasteiger partial charge in [0.05, 0.1) is 11.3 Å². The van der Waals surface area contributed by atoms with E-state index in [-0.39, 0.29) is 11.5 Å². The van der Waals surface area contributed by atoms with E-state index in [0.29, 0.717) is 27.4 Å². The van der Waals surface area contributed by atoms with Gasteiger partial charge in [-0.2, -0.15) is 9.50 Å². The van der Waals surface area contributed by atoms with Crippen molar-refractivity contribution in [2.24, 2.45) is 0 Å². The molecule has 0 fully saturated rings. The molecule has 0 unspecified atom stereocenters. The van der Waals surface area contributed by atoms with Crippen molar-refractivity contribution in [2.75, 3.05) is 11.4 Å². The third kappa shape index (κ3) is 2.74. The third-order valence-corrected chi connectivity index (χ3v) is 6.51. The van der Waals surface area contributed by atoms with Gasteiger partial charge in [-0.25, -0.2) is 0 Å². The number of likely N-dealkylation sites (N-methyl/N-ethyl adjacent to an activating group) is 1. The van der Waals surface area contributed by atoms with Crippen LogP contribution in [-0.2, 0) is 4.79 Å². The first kappa shape index (κ1) is 18.2. The number of carbonyl (C=O) groups is 1. The summed E-state index contributed by atoms with van der Waals surface area (Å²) < 4.78 is 2.52. The summed E-state index contributed by atoms with van der Waals surface area (Å²) in [7, 11) is 0. The minimum absolute atomic E-state index is 0.166. The van der Waals surface area contributed by atoms with Crippen LogP contribution in [0.1, 0.15) is 18.1 Å². The number of fused-ring (bicyclic) bond motifs is 2. The molecule has 4 aromatic rings. The lowest BCUT2D eigenvalue weighted by Gasteiger charge is -2.13. The average Bonchev–Trinajstić information content (AvgIpc) is 3.33. The molecular weight excluding hydrogens is 452 g/mol. The Bertz CT molecular complexity index is 1410. The van der Waals surface area contributed by atoms with Gasteiger partial charge in [0, 0.05) is 22.1 Å². The molecule has 0 saturated heterocycles. The normalized spacial score (nSPS) is 15.4. The Morgan fingerprint density at radius 3 is 2.55 bits per heavy atom. The molecular formula is C21H15BrN4O2S. The van der Waals surface area contributed by atoms with Crippen LogP contribution in [0.15, 0.2) is 51.7 Å². The van der Waals surface area contributed by atoms with Gasteiger partial charge in [-0.05, 0) is 32.0 Å². The molecule has 0 N–H and O–H groups in total. The lowest BCUT2D eigenvalue weighted by molar-refractivity contribution is -0.113. The van der Waals surface area contributed by atoms with Crippen LogP contribution in [0.5, 0.6) is 0 Å². The highest BCUT2D eigenvalue weighted by Gasteiger charge is 2.33. The first-order valence-corrected chi connectivity index (χ1v) is 10.7. The number of hydrogen-bond donors (Lipinski definition) is 0. The predicted molar refractivity (Wildman–Crippen MR) is 117 cm³/mol. The monoisotopic (exact) mass is 466 g/mol. The number of carbonyl (C=O) groups excluding carboxylic acids is 1. The maximum atomic E-state index is 13.1. The molecule has 144 valence electrons. The summed E-state index contributed by atoms with van der Waals surface area (Å²) in [4.78, 5) is 32.9. The number of halogens is 1. The second-order valence-corrected chi connectivity index (χ2v) is 8.71. The van der Waals surface area contributed by atoms with Gasteiger partial charge >= 0.3 is 0 Å². The zero-order chi connectivity index (χ0) is 20.3. The van der Waals surface area contributed by atoms with Gasteiger partial charge in [-0.3, -0.25) is 9.59 Å². The van der Waals surface area contributed by atoms with E-state index in [2.05, 4.69) is 26.0 Å². The Morgan fingerprint density at radius 1 is 1.10 bits per heavy atom. The van der Waals surface area contributed by atoms with Crippen LogP contribution in [0, 0.1) is 6.92 Å². The summed E-state index contributed by atoms with van der Waals surface area (Å²) >= 11 is 4.67. The second kappa shape index (κ2) is 6.60. The average molecular weight is 467 g/mol. The number of rotatable bonds is 2. The number of amides is 1. The van der Waals surface area contributed by atoms with Crippen LogP contribution in [0.2, 0.25) is 0 Å². The zero-order valence-corrected chi connectivity index (χ0v) is 18.0. The molecule has 1 aliphatic heterocycles. The van der Waals surface area contributed by atoms with E-state index >= 15 is 0 Å². The van der Waals surface area contributed by atoms with Crippen LogP contribution in [0.4, 0.5) is 5.69 Å². The number of aryl methyl sites for hydroxylation is 1. The summed E-state index contributed by atoms with van der Waals surface area (Å²) in [6.07, 6.45) is 0. The summed E-state index contributed by atoms with van der Waals surface area (Å²) in [6.45, 7) is 4.46. The lowest BCUT2D eigenvalue weighted by Crippen LogP contribution is -2.32. The van der Waals surface area contributed by atoms with E-state index < -0.39 is 0 Å². The van der Waals surface area contributed by atoms with Crippen molar-refractivity contribution in [2.45, 2.75) is 13.8 Å². The van der Waals surface area contributed by atoms with Gasteiger partial charge < -0.3 is 4.90 Å². The summed E-state index contributed by atoms with van der Waals surface area (Å²) in [5.41, 5.74) is 3.66. The maximum Gasteiger partial charge on any atom is 0.291 e. The van der Waals surface area contributed by atoms with Crippen molar-refractivity contribution in [1.29, 1.82) is 0 Å². The van der Waals surface area contributed by atoms with E-state index in [1.54, 1.807) is 4.90 Å². The molecule has 0 aliphatic carbocycles. The van der Waals surface area contributed by atoms with E-state index in [1.165, 1.54) is 15.9 Å². The largest absolute Gasteiger partial charge is 0.308 e. The molecule has 1 aliphatic rings. The van der Waals surface area contributed by atoms with Gasteiger partial charge in [0.25, 0.3) is 11.5 Å². The van der Waals surface area contributed by atoms with Crippen molar-refractivity contribution >= 4 is 49.4 Å². The van der Waals surface area contributed by atoms with E-state index in [1.807, 2.05) is 56.3 Å². The van der Waals surface area contributed by atoms with Crippen LogP contribution in [-0.4, -0.2) is 27.0 Å². The lowest BCUT2D eigenvalue weighted by atomic mass is 10.1. The molecule has 0 bridgehead atoms. The highest BCUT2D eigenvalue weighted by Crippen LogP contribution is 2.37. The Morgan fingerprint density at radius 2 is 1.86 bits per heavy atom. The van der Waals surface area contributed by atoms with E-state index in [9.17, 15) is 9.59 Å². The minimum atomic E-state index is -0.317. The van der Waals surface area contributed by atoms with Crippen LogP contribution in [0.3, 0.4) is 0 Å². The number of nitrogens with zero attached hydrogens (tertiary/aromatic N) is 4. The van der Waals surface area contributed by atoms with Crippen molar-refractivity contribution < 1.29 is 4.79 Å². The van der Waals surface area contributed by atoms with Crippen molar-refractivity contribution in [1.82, 2.24) is 14.6 Å².